The van der Waals surface area contributed by atoms with Crippen LogP contribution in [-0.4, -0.2) is 24.2 Å². The first kappa shape index (κ1) is 21.1. The lowest BCUT2D eigenvalue weighted by Gasteiger charge is -2.14. The number of aromatic nitrogens is 1. The number of carbonyl (C=O) groups excluding carboxylic acids is 1. The zero-order valence-electron chi connectivity index (χ0n) is 17.8. The molecule has 0 spiro atoms. The molecule has 0 aliphatic rings. The lowest BCUT2D eigenvalue weighted by molar-refractivity contribution is 0.0601. The maximum atomic E-state index is 12.1. The number of carbonyl (C=O) groups is 1. The van der Waals surface area contributed by atoms with Gasteiger partial charge in [-0.2, -0.15) is 0 Å². The van der Waals surface area contributed by atoms with Gasteiger partial charge in [0.05, 0.1) is 18.4 Å². The van der Waals surface area contributed by atoms with Crippen molar-refractivity contribution in [2.24, 2.45) is 5.73 Å². The summed E-state index contributed by atoms with van der Waals surface area (Å²) < 4.78 is 7.24. The summed E-state index contributed by atoms with van der Waals surface area (Å²) >= 11 is 0. The summed E-state index contributed by atoms with van der Waals surface area (Å²) in [5.74, 6) is -0.311. The molecule has 3 rings (SSSR count). The molecule has 4 heteroatoms. The average Bonchev–Trinajstić information content (AvgIpc) is 3.04. The fourth-order valence-electron chi connectivity index (χ4n) is 4.16. The van der Waals surface area contributed by atoms with Crippen LogP contribution in [0.2, 0.25) is 0 Å². The van der Waals surface area contributed by atoms with Crippen LogP contribution in [0.5, 0.6) is 0 Å². The van der Waals surface area contributed by atoms with Gasteiger partial charge in [0.25, 0.3) is 0 Å². The highest BCUT2D eigenvalue weighted by molar-refractivity contribution is 5.98. The van der Waals surface area contributed by atoms with E-state index in [0.717, 1.165) is 18.4 Å². The van der Waals surface area contributed by atoms with Gasteiger partial charge in [0.15, 0.2) is 0 Å². The van der Waals surface area contributed by atoms with Gasteiger partial charge >= 0.3 is 5.97 Å². The third-order valence-corrected chi connectivity index (χ3v) is 5.62. The van der Waals surface area contributed by atoms with Crippen LogP contribution in [0.4, 0.5) is 0 Å². The summed E-state index contributed by atoms with van der Waals surface area (Å²) in [7, 11) is 1.42. The second-order valence-electron chi connectivity index (χ2n) is 7.62. The third kappa shape index (κ3) is 4.38. The fourth-order valence-corrected chi connectivity index (χ4v) is 4.16. The van der Waals surface area contributed by atoms with Crippen molar-refractivity contribution < 1.29 is 9.53 Å². The van der Waals surface area contributed by atoms with Gasteiger partial charge in [-0.25, -0.2) is 4.79 Å². The van der Waals surface area contributed by atoms with Crippen molar-refractivity contribution in [2.45, 2.75) is 52.5 Å². The molecule has 0 saturated carbocycles. The number of unbranched alkanes of at least 4 members (excludes halogenated alkanes) is 3. The first-order valence-electron chi connectivity index (χ1n) is 10.6. The Balaban J connectivity index is 2.24. The van der Waals surface area contributed by atoms with Gasteiger partial charge in [0, 0.05) is 29.6 Å². The van der Waals surface area contributed by atoms with Crippen molar-refractivity contribution in [3.05, 3.63) is 59.2 Å². The highest BCUT2D eigenvalue weighted by atomic mass is 16.5. The quantitative estimate of drug-likeness (QED) is 0.387. The van der Waals surface area contributed by atoms with E-state index in [0.29, 0.717) is 18.7 Å². The Labute approximate surface area is 173 Å². The fraction of sp³-hybridized carbons (Fsp3) is 0.400. The number of esters is 1. The molecule has 0 saturated heterocycles. The molecule has 4 nitrogen and oxygen atoms in total. The van der Waals surface area contributed by atoms with Gasteiger partial charge in [-0.3, -0.25) is 0 Å². The van der Waals surface area contributed by atoms with Crippen LogP contribution >= 0.6 is 0 Å². The molecule has 1 aromatic heterocycles. The molecule has 0 aliphatic carbocycles. The summed E-state index contributed by atoms with van der Waals surface area (Å²) in [4.78, 5) is 12.1. The minimum absolute atomic E-state index is 0.311. The summed E-state index contributed by atoms with van der Waals surface area (Å²) in [6, 6.07) is 14.4. The predicted molar refractivity (Wildman–Crippen MR) is 120 cm³/mol. The van der Waals surface area contributed by atoms with E-state index < -0.39 is 0 Å². The number of methoxy groups -OCH3 is 1. The molecule has 154 valence electrons. The minimum Gasteiger partial charge on any atom is -0.465 e. The number of nitrogens with zero attached hydrogens (tertiary/aromatic N) is 1. The van der Waals surface area contributed by atoms with Crippen LogP contribution in [-0.2, 0) is 17.7 Å². The Morgan fingerprint density at radius 1 is 1.10 bits per heavy atom. The molecule has 0 fully saturated rings. The molecule has 0 bridgehead atoms. The van der Waals surface area contributed by atoms with E-state index in [1.165, 1.54) is 54.1 Å². The van der Waals surface area contributed by atoms with Crippen molar-refractivity contribution in [3.8, 4) is 11.3 Å². The number of fused-ring (bicyclic) bond motifs is 1. The van der Waals surface area contributed by atoms with Crippen LogP contribution in [0.15, 0.2) is 42.5 Å². The molecule has 3 aromatic rings. The second kappa shape index (κ2) is 9.75. The Morgan fingerprint density at radius 3 is 2.59 bits per heavy atom. The number of rotatable bonds is 9. The van der Waals surface area contributed by atoms with E-state index in [-0.39, 0.29) is 5.97 Å². The van der Waals surface area contributed by atoms with Gasteiger partial charge in [-0.05, 0) is 43.0 Å². The van der Waals surface area contributed by atoms with Crippen molar-refractivity contribution in [2.75, 3.05) is 13.7 Å². The van der Waals surface area contributed by atoms with E-state index in [1.807, 2.05) is 12.1 Å². The topological polar surface area (TPSA) is 57.2 Å². The maximum absolute atomic E-state index is 12.1. The van der Waals surface area contributed by atoms with Gasteiger partial charge in [-0.15, -0.1) is 0 Å². The monoisotopic (exact) mass is 392 g/mol. The third-order valence-electron chi connectivity index (χ3n) is 5.62. The number of hydrogen-bond acceptors (Lipinski definition) is 3. The molecule has 0 atom stereocenters. The smallest absolute Gasteiger partial charge is 0.337 e. The van der Waals surface area contributed by atoms with Crippen LogP contribution < -0.4 is 5.73 Å². The molecule has 0 aliphatic heterocycles. The maximum Gasteiger partial charge on any atom is 0.337 e. The lowest BCUT2D eigenvalue weighted by Crippen LogP contribution is -2.11. The van der Waals surface area contributed by atoms with E-state index in [2.05, 4.69) is 48.7 Å². The van der Waals surface area contributed by atoms with Gasteiger partial charge < -0.3 is 15.0 Å². The van der Waals surface area contributed by atoms with Crippen molar-refractivity contribution in [1.29, 1.82) is 0 Å². The minimum atomic E-state index is -0.311. The number of nitrogens with two attached hydrogens (primary N) is 1. The van der Waals surface area contributed by atoms with Crippen LogP contribution in [0.25, 0.3) is 22.2 Å². The van der Waals surface area contributed by atoms with Gasteiger partial charge in [0.1, 0.15) is 0 Å². The lowest BCUT2D eigenvalue weighted by atomic mass is 9.97. The largest absolute Gasteiger partial charge is 0.465 e. The summed E-state index contributed by atoms with van der Waals surface area (Å²) in [6.07, 6.45) is 5.89. The van der Waals surface area contributed by atoms with Crippen LogP contribution in [0.1, 0.15) is 54.1 Å². The Kier molecular flexibility index (Phi) is 7.10. The van der Waals surface area contributed by atoms with Crippen molar-refractivity contribution >= 4 is 16.9 Å². The van der Waals surface area contributed by atoms with Crippen LogP contribution in [0.3, 0.4) is 0 Å². The van der Waals surface area contributed by atoms with E-state index in [4.69, 9.17) is 10.5 Å². The summed E-state index contributed by atoms with van der Waals surface area (Å²) in [6.45, 7) is 5.64. The average molecular weight is 393 g/mol. The van der Waals surface area contributed by atoms with E-state index in [9.17, 15) is 4.79 Å². The highest BCUT2D eigenvalue weighted by Gasteiger charge is 2.20. The summed E-state index contributed by atoms with van der Waals surface area (Å²) in [5, 5.41) is 1.21. The molecule has 2 aromatic carbocycles. The summed E-state index contributed by atoms with van der Waals surface area (Å²) in [5.41, 5.74) is 12.7. The second-order valence-corrected chi connectivity index (χ2v) is 7.62. The number of benzene rings is 2. The standard InChI is InChI=1S/C25H32N2O2/c1-4-5-6-7-12-22-21-14-13-19(25(28)29-3)17-23(21)27(16-15-26)24(22)20-11-9-8-10-18(20)2/h8-11,13-14,17H,4-7,12,15-16,26H2,1-3H3. The normalized spacial score (nSPS) is 11.2. The van der Waals surface area contributed by atoms with E-state index in [1.54, 1.807) is 0 Å². The molecular formula is C25H32N2O2. The highest BCUT2D eigenvalue weighted by Crippen LogP contribution is 2.37. The Bertz CT molecular complexity index is 988. The SMILES string of the molecule is CCCCCCc1c(-c2ccccc2C)n(CCN)c2cc(C(=O)OC)ccc12. The number of hydrogen-bond donors (Lipinski definition) is 1. The Morgan fingerprint density at radius 2 is 1.90 bits per heavy atom. The number of aryl methyl sites for hydroxylation is 2. The zero-order chi connectivity index (χ0) is 20.8. The Hall–Kier alpha value is -2.59. The van der Waals surface area contributed by atoms with Crippen molar-refractivity contribution in [1.82, 2.24) is 4.57 Å². The molecule has 29 heavy (non-hydrogen) atoms. The first-order valence-corrected chi connectivity index (χ1v) is 10.6. The van der Waals surface area contributed by atoms with Crippen molar-refractivity contribution in [3.63, 3.8) is 0 Å². The van der Waals surface area contributed by atoms with E-state index >= 15 is 0 Å². The zero-order valence-corrected chi connectivity index (χ0v) is 17.8. The first-order chi connectivity index (χ1) is 14.1. The number of ether oxygens (including phenoxy) is 1. The molecule has 0 amide bonds. The van der Waals surface area contributed by atoms with Gasteiger partial charge in [-0.1, -0.05) is 56.5 Å². The predicted octanol–water partition coefficient (Wildman–Crippen LogP) is 5.48. The molecule has 2 N–H and O–H groups in total. The molecular weight excluding hydrogens is 360 g/mol. The molecule has 0 unspecified atom stereocenters. The molecule has 0 radical (unpaired) electrons. The molecule has 1 heterocycles. The van der Waals surface area contributed by atoms with Gasteiger partial charge in [0.2, 0.25) is 0 Å². The van der Waals surface area contributed by atoms with Crippen LogP contribution in [0, 0.1) is 6.92 Å².